The number of fused-ring (bicyclic) bond motifs is 5. The van der Waals surface area contributed by atoms with E-state index >= 15 is 4.39 Å². The Morgan fingerprint density at radius 2 is 1.44 bits per heavy atom. The minimum atomic E-state index is -2.06. The number of imide groups is 1. The van der Waals surface area contributed by atoms with Crippen LogP contribution in [0.15, 0.2) is 59.4 Å². The van der Waals surface area contributed by atoms with Crippen molar-refractivity contribution in [3.8, 4) is 11.4 Å². The first-order valence-electron chi connectivity index (χ1n) is 29.4. The lowest BCUT2D eigenvalue weighted by molar-refractivity contribution is -0.172. The molecule has 0 spiro atoms. The number of aryl methyl sites for hydroxylation is 1. The Hall–Kier alpha value is -9.20. The van der Waals surface area contributed by atoms with E-state index in [2.05, 4.69) is 37.2 Å². The van der Waals surface area contributed by atoms with Crippen molar-refractivity contribution < 1.29 is 71.7 Å². The van der Waals surface area contributed by atoms with E-state index < -0.39 is 120 Å². The first kappa shape index (κ1) is 64.8. The fourth-order valence-electron chi connectivity index (χ4n) is 11.2. The molecule has 1 aliphatic carbocycles. The Bertz CT molecular complexity index is 3540. The van der Waals surface area contributed by atoms with Gasteiger partial charge in [0, 0.05) is 73.5 Å². The van der Waals surface area contributed by atoms with Crippen LogP contribution in [0.5, 0.6) is 0 Å². The van der Waals surface area contributed by atoms with Crippen molar-refractivity contribution in [2.75, 3.05) is 32.7 Å². The summed E-state index contributed by atoms with van der Waals surface area (Å²) in [5.41, 5.74) is 1.14. The quantitative estimate of drug-likeness (QED) is 0.0211. The summed E-state index contributed by atoms with van der Waals surface area (Å²) in [4.78, 5) is 162. The minimum absolute atomic E-state index is 0.00100. The Morgan fingerprint density at radius 3 is 2.14 bits per heavy atom. The summed E-state index contributed by atoms with van der Waals surface area (Å²) in [6.45, 7) is 6.53. The Labute approximate surface area is 505 Å². The van der Waals surface area contributed by atoms with E-state index in [9.17, 15) is 62.6 Å². The smallest absolute Gasteiger partial charge is 0.343 e. The molecular weight excluding hydrogens is 1140 g/mol. The zero-order chi connectivity index (χ0) is 63.6. The third-order valence-electron chi connectivity index (χ3n) is 15.7. The van der Waals surface area contributed by atoms with Crippen LogP contribution in [-0.2, 0) is 93.8 Å². The number of cyclic esters (lactones) is 1. The molecule has 0 fully saturated rings. The molecule has 88 heavy (non-hydrogen) atoms. The van der Waals surface area contributed by atoms with E-state index in [1.54, 1.807) is 71.0 Å². The minimum Gasteiger partial charge on any atom is -0.460 e. The highest BCUT2D eigenvalue weighted by Gasteiger charge is 2.46. The van der Waals surface area contributed by atoms with E-state index in [0.717, 1.165) is 10.5 Å². The number of rotatable bonds is 27. The number of hydrogen-bond acceptors (Lipinski definition) is 16. The molecule has 8 N–H and O–H groups in total. The number of amides is 9. The summed E-state index contributed by atoms with van der Waals surface area (Å²) in [5.74, 6) is -7.33. The van der Waals surface area contributed by atoms with E-state index in [1.165, 1.54) is 22.8 Å². The average Bonchev–Trinajstić information content (AvgIpc) is 1.46. The van der Waals surface area contributed by atoms with Gasteiger partial charge in [-0.3, -0.25) is 57.6 Å². The Kier molecular flexibility index (Phi) is 20.7. The van der Waals surface area contributed by atoms with Gasteiger partial charge in [0.2, 0.25) is 41.4 Å². The van der Waals surface area contributed by atoms with Crippen LogP contribution in [0.25, 0.3) is 22.3 Å². The summed E-state index contributed by atoms with van der Waals surface area (Å²) in [6.07, 6.45) is 4.19. The number of carbonyl (C=O) groups excluding carboxylic acids is 11. The first-order valence-corrected chi connectivity index (χ1v) is 29.4. The number of aromatic nitrogens is 2. The second-order valence-corrected chi connectivity index (χ2v) is 23.2. The van der Waals surface area contributed by atoms with Crippen molar-refractivity contribution >= 4 is 76.0 Å². The van der Waals surface area contributed by atoms with Crippen molar-refractivity contribution in [3.63, 3.8) is 0 Å². The van der Waals surface area contributed by atoms with Crippen molar-refractivity contribution in [1.82, 2.24) is 51.7 Å². The van der Waals surface area contributed by atoms with Crippen LogP contribution in [0.4, 0.5) is 4.39 Å². The molecule has 2 aromatic heterocycles. The molecule has 5 heterocycles. The molecule has 2 aromatic carbocycles. The lowest BCUT2D eigenvalue weighted by Gasteiger charge is -2.31. The fraction of sp³-hybridized carbons (Fsp3) is 0.468. The van der Waals surface area contributed by atoms with Gasteiger partial charge in [-0.25, -0.2) is 14.2 Å². The highest BCUT2D eigenvalue weighted by atomic mass is 19.1. The number of carbonyl (C=O) groups is 11. The van der Waals surface area contributed by atoms with Gasteiger partial charge in [-0.2, -0.15) is 0 Å². The lowest BCUT2D eigenvalue weighted by atomic mass is 9.81. The molecule has 3 aliphatic heterocycles. The monoisotopic (exact) mass is 1220 g/mol. The number of nitrogens with one attached hydrogen (secondary N) is 7. The number of halogens is 1. The molecule has 4 atom stereocenters. The SMILES string of the molecule is CC[C@@]1(O)C(=O)OCc2c1cc1n(c2=O)Cc2c-1nc1cc(F)c(C)c3c1c2[C@@H](NC(=O)CCCNC(=O)CNC(=O)[C@H](Cc1ccccc1)NC(=O)CNC(=O)CNC(=O)[C@H](CCC(=O)OC(C)(C)C)NC(=O)CCCCCN1C(=O)C=CC1=O)CC3. The molecule has 4 aromatic rings. The lowest BCUT2D eigenvalue weighted by Crippen LogP contribution is -2.53. The molecule has 9 amide bonds. The molecule has 0 unspecified atom stereocenters. The van der Waals surface area contributed by atoms with Gasteiger partial charge < -0.3 is 56.4 Å². The van der Waals surface area contributed by atoms with Crippen LogP contribution in [0.1, 0.15) is 137 Å². The summed E-state index contributed by atoms with van der Waals surface area (Å²) in [6, 6.07) is 8.55. The largest absolute Gasteiger partial charge is 0.460 e. The van der Waals surface area contributed by atoms with Crippen LogP contribution in [-0.4, -0.2) is 135 Å². The van der Waals surface area contributed by atoms with Crippen molar-refractivity contribution in [2.24, 2.45) is 0 Å². The second kappa shape index (κ2) is 28.1. The van der Waals surface area contributed by atoms with Crippen LogP contribution in [0.3, 0.4) is 0 Å². The second-order valence-electron chi connectivity index (χ2n) is 23.2. The maximum Gasteiger partial charge on any atom is 0.343 e. The molecule has 26 heteroatoms. The number of aliphatic hydroxyl groups is 1. The topological polar surface area (TPSA) is 349 Å². The summed E-state index contributed by atoms with van der Waals surface area (Å²) < 4.78 is 27.5. The highest BCUT2D eigenvalue weighted by Crippen LogP contribution is 2.46. The normalized spacial score (nSPS) is 17.0. The van der Waals surface area contributed by atoms with Crippen LogP contribution in [0, 0.1) is 12.7 Å². The number of nitrogens with zero attached hydrogens (tertiary/aromatic N) is 3. The van der Waals surface area contributed by atoms with E-state index in [0.29, 0.717) is 76.6 Å². The van der Waals surface area contributed by atoms with Gasteiger partial charge in [-0.1, -0.05) is 43.7 Å². The highest BCUT2D eigenvalue weighted by molar-refractivity contribution is 6.12. The molecule has 468 valence electrons. The maximum atomic E-state index is 15.4. The molecular formula is C62H73FN10O15. The van der Waals surface area contributed by atoms with E-state index in [4.69, 9.17) is 14.5 Å². The predicted octanol–water partition coefficient (Wildman–Crippen LogP) is 1.70. The van der Waals surface area contributed by atoms with Gasteiger partial charge in [0.15, 0.2) is 5.60 Å². The average molecular weight is 1220 g/mol. The van der Waals surface area contributed by atoms with Crippen LogP contribution >= 0.6 is 0 Å². The van der Waals surface area contributed by atoms with Gasteiger partial charge in [0.25, 0.3) is 17.4 Å². The van der Waals surface area contributed by atoms with Crippen molar-refractivity contribution in [1.29, 1.82) is 0 Å². The van der Waals surface area contributed by atoms with Gasteiger partial charge in [-0.15, -0.1) is 0 Å². The Balaban J connectivity index is 0.803. The van der Waals surface area contributed by atoms with E-state index in [-0.39, 0.29) is 88.2 Å². The summed E-state index contributed by atoms with van der Waals surface area (Å²) >= 11 is 0. The summed E-state index contributed by atoms with van der Waals surface area (Å²) in [5, 5.41) is 30.3. The van der Waals surface area contributed by atoms with Crippen LogP contribution in [0.2, 0.25) is 0 Å². The zero-order valence-corrected chi connectivity index (χ0v) is 49.7. The molecule has 8 rings (SSSR count). The Morgan fingerprint density at radius 1 is 0.784 bits per heavy atom. The van der Waals surface area contributed by atoms with Gasteiger partial charge >= 0.3 is 11.9 Å². The number of hydrogen-bond donors (Lipinski definition) is 8. The van der Waals surface area contributed by atoms with Gasteiger partial charge in [0.05, 0.1) is 54.7 Å². The predicted molar refractivity (Wildman–Crippen MR) is 313 cm³/mol. The van der Waals surface area contributed by atoms with Crippen LogP contribution < -0.4 is 42.8 Å². The van der Waals surface area contributed by atoms with Crippen molar-refractivity contribution in [3.05, 3.63) is 110 Å². The number of benzene rings is 2. The molecule has 4 aliphatic rings. The third kappa shape index (κ3) is 15.5. The zero-order valence-electron chi connectivity index (χ0n) is 49.7. The number of pyridine rings is 2. The number of ether oxygens (including phenoxy) is 2. The molecule has 0 bridgehead atoms. The van der Waals surface area contributed by atoms with Gasteiger partial charge in [-0.05, 0) is 101 Å². The van der Waals surface area contributed by atoms with E-state index in [1.807, 2.05) is 0 Å². The maximum absolute atomic E-state index is 15.4. The third-order valence-corrected chi connectivity index (χ3v) is 15.7. The molecule has 0 radical (unpaired) electrons. The van der Waals surface area contributed by atoms with Gasteiger partial charge in [0.1, 0.15) is 30.1 Å². The fourth-order valence-corrected chi connectivity index (χ4v) is 11.2. The first-order chi connectivity index (χ1) is 41.8. The van der Waals surface area contributed by atoms with Crippen molar-refractivity contribution in [2.45, 2.75) is 154 Å². The summed E-state index contributed by atoms with van der Waals surface area (Å²) in [7, 11) is 0. The number of unbranched alkanes of at least 4 members (excludes halogenated alkanes) is 2. The molecule has 0 saturated heterocycles. The molecule has 0 saturated carbocycles. The standard InChI is InChI=1S/C62H73FN10O15/c1-6-62(86)39-27-45-56-37(32-73(45)59(84)38(39)33-87-60(62)85)55-41(19-18-36-34(2)40(63)28-43(71-56)54(36)55)68-47(75)17-13-24-64-48(76)29-67-58(83)44(26-35-14-9-7-10-15-35)70-50(78)31-65-49(77)30-66-57(82)42(20-23-53(81)88-61(3,4)5)69-46(74)16-11-8-12-25-72-51(79)21-22-52(72)80/h7,9-10,14-15,21-22,27-28,41-42,44,86H,6,8,11-13,16-20,23-26,29-33H2,1-5H3,(H,64,76)(H,65,77)(H,66,82)(H,67,83)(H,68,75)(H,69,74)(H,70,78)/t41-,42-,44-,62-/m0/s1. The molecule has 25 nitrogen and oxygen atoms in total. The number of esters is 2.